The fourth-order valence-corrected chi connectivity index (χ4v) is 3.90. The number of anilines is 1. The molecule has 0 aromatic heterocycles. The van der Waals surface area contributed by atoms with Crippen LogP contribution in [0.1, 0.15) is 28.3 Å². The maximum atomic E-state index is 14.7. The van der Waals surface area contributed by atoms with Crippen molar-refractivity contribution < 1.29 is 28.6 Å². The van der Waals surface area contributed by atoms with Crippen LogP contribution >= 0.6 is 0 Å². The molecule has 2 N–H and O–H groups in total. The number of halogens is 2. The molecule has 0 aliphatic carbocycles. The van der Waals surface area contributed by atoms with Crippen LogP contribution in [-0.4, -0.2) is 21.9 Å². The van der Waals surface area contributed by atoms with Gasteiger partial charge in [0.2, 0.25) is 0 Å². The van der Waals surface area contributed by atoms with Gasteiger partial charge in [-0.1, -0.05) is 29.8 Å². The van der Waals surface area contributed by atoms with E-state index in [2.05, 4.69) is 0 Å². The fourth-order valence-electron chi connectivity index (χ4n) is 3.90. The zero-order valence-corrected chi connectivity index (χ0v) is 17.3. The second-order valence-corrected chi connectivity index (χ2v) is 7.68. The molecule has 5 nitrogen and oxygen atoms in total. The summed E-state index contributed by atoms with van der Waals surface area (Å²) in [6.45, 7) is 3.56. The van der Waals surface area contributed by atoms with Crippen LogP contribution in [0.5, 0.6) is 5.75 Å². The van der Waals surface area contributed by atoms with Gasteiger partial charge in [-0.15, -0.1) is 0 Å². The molecular weight excluding hydrogens is 416 g/mol. The smallest absolute Gasteiger partial charge is 0.300 e. The quantitative estimate of drug-likeness (QED) is 0.348. The number of benzene rings is 3. The predicted molar refractivity (Wildman–Crippen MR) is 115 cm³/mol. The topological polar surface area (TPSA) is 77.8 Å². The maximum Gasteiger partial charge on any atom is 0.300 e. The third kappa shape index (κ3) is 3.51. The van der Waals surface area contributed by atoms with Crippen LogP contribution in [0.4, 0.5) is 14.5 Å². The molecule has 1 saturated heterocycles. The molecule has 0 radical (unpaired) electrons. The number of aliphatic hydroxyl groups is 1. The number of aliphatic hydroxyl groups excluding tert-OH is 1. The molecule has 1 heterocycles. The van der Waals surface area contributed by atoms with Crippen molar-refractivity contribution in [1.82, 2.24) is 0 Å². The molecule has 4 rings (SSSR count). The summed E-state index contributed by atoms with van der Waals surface area (Å²) in [5.41, 5.74) is 1.55. The second kappa shape index (κ2) is 7.92. The summed E-state index contributed by atoms with van der Waals surface area (Å²) >= 11 is 0. The Morgan fingerprint density at radius 3 is 2.41 bits per heavy atom. The van der Waals surface area contributed by atoms with Gasteiger partial charge in [0.25, 0.3) is 11.7 Å². The monoisotopic (exact) mass is 435 g/mol. The van der Waals surface area contributed by atoms with Crippen molar-refractivity contribution in [3.05, 3.63) is 100 Å². The lowest BCUT2D eigenvalue weighted by molar-refractivity contribution is -0.132. The van der Waals surface area contributed by atoms with Crippen molar-refractivity contribution in [2.75, 3.05) is 4.90 Å². The van der Waals surface area contributed by atoms with Gasteiger partial charge in [0.05, 0.1) is 17.3 Å². The number of phenolic OH excluding ortho intramolecular Hbond substituents is 1. The molecule has 162 valence electrons. The van der Waals surface area contributed by atoms with E-state index >= 15 is 0 Å². The average Bonchev–Trinajstić information content (AvgIpc) is 3.00. The molecule has 0 saturated carbocycles. The van der Waals surface area contributed by atoms with Crippen molar-refractivity contribution in [2.24, 2.45) is 0 Å². The van der Waals surface area contributed by atoms with Crippen molar-refractivity contribution in [3.8, 4) is 5.75 Å². The molecule has 0 spiro atoms. The molecular formula is C25H19F2NO4. The first-order valence-electron chi connectivity index (χ1n) is 9.81. The summed E-state index contributed by atoms with van der Waals surface area (Å²) in [4.78, 5) is 27.0. The summed E-state index contributed by atoms with van der Waals surface area (Å²) in [5, 5.41) is 21.1. The maximum absolute atomic E-state index is 14.7. The lowest BCUT2D eigenvalue weighted by atomic mass is 9.93. The number of rotatable bonds is 3. The third-order valence-corrected chi connectivity index (χ3v) is 5.45. The van der Waals surface area contributed by atoms with Gasteiger partial charge in [-0.05, 0) is 55.3 Å². The Kier molecular flexibility index (Phi) is 5.26. The van der Waals surface area contributed by atoms with E-state index in [4.69, 9.17) is 0 Å². The largest absolute Gasteiger partial charge is 0.508 e. The van der Waals surface area contributed by atoms with Crippen LogP contribution in [0.2, 0.25) is 0 Å². The standard InChI is InChI=1S/C25H19F2NO4/c1-13-6-7-14(2)18(10-13)23(30)21-22(15-4-3-5-17(29)11-15)28(25(32)24(21)31)20-9-8-16(26)12-19(20)27/h3-12,22,29-30H,1-2H3/b23-21+. The van der Waals surface area contributed by atoms with Crippen molar-refractivity contribution in [3.63, 3.8) is 0 Å². The number of Topliss-reactive ketones (excluding diaryl/α,β-unsaturated/α-hetero) is 1. The van der Waals surface area contributed by atoms with E-state index in [9.17, 15) is 28.6 Å². The van der Waals surface area contributed by atoms with Crippen molar-refractivity contribution in [2.45, 2.75) is 19.9 Å². The summed E-state index contributed by atoms with van der Waals surface area (Å²) in [5.74, 6) is -4.52. The molecule has 1 amide bonds. The van der Waals surface area contributed by atoms with Crippen LogP contribution in [0.15, 0.2) is 66.2 Å². The molecule has 1 unspecified atom stereocenters. The summed E-state index contributed by atoms with van der Waals surface area (Å²) < 4.78 is 28.2. The fraction of sp³-hybridized carbons (Fsp3) is 0.120. The Morgan fingerprint density at radius 1 is 0.969 bits per heavy atom. The highest BCUT2D eigenvalue weighted by Gasteiger charge is 2.48. The molecule has 1 aliphatic rings. The molecule has 3 aromatic carbocycles. The van der Waals surface area contributed by atoms with E-state index in [1.54, 1.807) is 25.1 Å². The summed E-state index contributed by atoms with van der Waals surface area (Å²) in [6, 6.07) is 12.5. The Balaban J connectivity index is 2.01. The van der Waals surface area contributed by atoms with Crippen LogP contribution in [0.3, 0.4) is 0 Å². The van der Waals surface area contributed by atoms with Gasteiger partial charge in [0.1, 0.15) is 23.1 Å². The number of carbonyl (C=O) groups is 2. The molecule has 1 aliphatic heterocycles. The minimum Gasteiger partial charge on any atom is -0.508 e. The first-order valence-corrected chi connectivity index (χ1v) is 9.81. The second-order valence-electron chi connectivity index (χ2n) is 7.68. The van der Waals surface area contributed by atoms with E-state index in [1.165, 1.54) is 18.2 Å². The van der Waals surface area contributed by atoms with Gasteiger partial charge < -0.3 is 10.2 Å². The number of hydrogen-bond donors (Lipinski definition) is 2. The highest BCUT2D eigenvalue weighted by molar-refractivity contribution is 6.51. The molecule has 1 atom stereocenters. The number of hydrogen-bond acceptors (Lipinski definition) is 4. The Hall–Kier alpha value is -4.00. The van der Waals surface area contributed by atoms with Crippen LogP contribution in [-0.2, 0) is 9.59 Å². The average molecular weight is 435 g/mol. The van der Waals surface area contributed by atoms with Gasteiger partial charge in [-0.2, -0.15) is 0 Å². The molecule has 32 heavy (non-hydrogen) atoms. The Morgan fingerprint density at radius 2 is 1.72 bits per heavy atom. The predicted octanol–water partition coefficient (Wildman–Crippen LogP) is 4.91. The minimum absolute atomic E-state index is 0.139. The number of carbonyl (C=O) groups excluding carboxylic acids is 2. The number of aryl methyl sites for hydroxylation is 2. The summed E-state index contributed by atoms with van der Waals surface area (Å²) in [6.07, 6.45) is 0. The van der Waals surface area contributed by atoms with Gasteiger partial charge in [0, 0.05) is 11.6 Å². The van der Waals surface area contributed by atoms with E-state index in [1.807, 2.05) is 13.0 Å². The molecule has 0 bridgehead atoms. The Labute approximate surface area is 182 Å². The SMILES string of the molecule is Cc1ccc(C)c(/C(O)=C2\C(=O)C(=O)N(c3ccc(F)cc3F)C2c2cccc(O)c2)c1. The van der Waals surface area contributed by atoms with Crippen LogP contribution in [0.25, 0.3) is 5.76 Å². The van der Waals surface area contributed by atoms with Crippen molar-refractivity contribution in [1.29, 1.82) is 0 Å². The zero-order chi connectivity index (χ0) is 23.2. The van der Waals surface area contributed by atoms with Gasteiger partial charge in [-0.25, -0.2) is 8.78 Å². The van der Waals surface area contributed by atoms with E-state index in [0.717, 1.165) is 22.6 Å². The number of phenols is 1. The Bertz CT molecular complexity index is 1300. The zero-order valence-electron chi connectivity index (χ0n) is 17.3. The van der Waals surface area contributed by atoms with E-state index in [0.29, 0.717) is 17.2 Å². The first-order chi connectivity index (χ1) is 15.2. The van der Waals surface area contributed by atoms with E-state index < -0.39 is 35.1 Å². The minimum atomic E-state index is -1.23. The van der Waals surface area contributed by atoms with Gasteiger partial charge >= 0.3 is 0 Å². The lowest BCUT2D eigenvalue weighted by Crippen LogP contribution is -2.30. The first kappa shape index (κ1) is 21.2. The molecule has 7 heteroatoms. The number of nitrogens with zero attached hydrogens (tertiary/aromatic N) is 1. The highest BCUT2D eigenvalue weighted by atomic mass is 19.1. The number of amides is 1. The molecule has 1 fully saturated rings. The summed E-state index contributed by atoms with van der Waals surface area (Å²) in [7, 11) is 0. The molecule has 3 aromatic rings. The van der Waals surface area contributed by atoms with Gasteiger partial charge in [0.15, 0.2) is 0 Å². The van der Waals surface area contributed by atoms with Crippen LogP contribution < -0.4 is 4.90 Å². The highest BCUT2D eigenvalue weighted by Crippen LogP contribution is 2.43. The normalized spacial score (nSPS) is 17.8. The lowest BCUT2D eigenvalue weighted by Gasteiger charge is -2.26. The van der Waals surface area contributed by atoms with Gasteiger partial charge in [-0.3, -0.25) is 14.5 Å². The number of aromatic hydroxyl groups is 1. The third-order valence-electron chi connectivity index (χ3n) is 5.45. The van der Waals surface area contributed by atoms with Crippen LogP contribution in [0, 0.1) is 25.5 Å². The van der Waals surface area contributed by atoms with E-state index in [-0.39, 0.29) is 22.6 Å². The van der Waals surface area contributed by atoms with Crippen molar-refractivity contribution >= 4 is 23.1 Å². The number of ketones is 1.